The van der Waals surface area contributed by atoms with Crippen LogP contribution in [0.15, 0.2) is 47.1 Å². The molecule has 114 valence electrons. The van der Waals surface area contributed by atoms with Crippen LogP contribution in [0, 0.1) is 6.92 Å². The number of aromatic nitrogens is 4. The molecule has 0 fully saturated rings. The Labute approximate surface area is 145 Å². The number of rotatable bonds is 4. The van der Waals surface area contributed by atoms with Crippen molar-refractivity contribution in [3.8, 4) is 10.6 Å². The molecule has 23 heavy (non-hydrogen) atoms. The van der Waals surface area contributed by atoms with Gasteiger partial charge in [0.25, 0.3) is 0 Å². The summed E-state index contributed by atoms with van der Waals surface area (Å²) in [6, 6.07) is 8.12. The van der Waals surface area contributed by atoms with Crippen molar-refractivity contribution in [3.05, 3.63) is 52.6 Å². The topological polar surface area (TPSA) is 51.6 Å². The fourth-order valence-corrected chi connectivity index (χ4v) is 4.85. The van der Waals surface area contributed by atoms with Gasteiger partial charge in [0.2, 0.25) is 0 Å². The Morgan fingerprint density at radius 1 is 1.17 bits per heavy atom. The maximum absolute atomic E-state index is 4.68. The molecule has 0 aromatic carbocycles. The molecule has 0 atom stereocenters. The Kier molecular flexibility index (Phi) is 4.07. The van der Waals surface area contributed by atoms with Gasteiger partial charge in [0.15, 0.2) is 0 Å². The number of thiazole rings is 1. The number of thiophene rings is 1. The number of hydrogen-bond donors (Lipinski definition) is 0. The summed E-state index contributed by atoms with van der Waals surface area (Å²) in [5.41, 5.74) is 3.06. The summed E-state index contributed by atoms with van der Waals surface area (Å²) in [7, 11) is 0. The summed E-state index contributed by atoms with van der Waals surface area (Å²) in [5.74, 6) is 0.812. The lowest BCUT2D eigenvalue weighted by Crippen LogP contribution is -1.92. The van der Waals surface area contributed by atoms with Gasteiger partial charge in [-0.2, -0.15) is 0 Å². The Hall–Kier alpha value is -1.83. The fourth-order valence-electron chi connectivity index (χ4n) is 2.23. The second kappa shape index (κ2) is 6.35. The van der Waals surface area contributed by atoms with Gasteiger partial charge in [-0.25, -0.2) is 4.98 Å². The first kappa shape index (κ1) is 14.7. The van der Waals surface area contributed by atoms with Crippen LogP contribution in [0.25, 0.3) is 20.8 Å². The molecule has 0 radical (unpaired) electrons. The summed E-state index contributed by atoms with van der Waals surface area (Å²) < 4.78 is 1.12. The van der Waals surface area contributed by atoms with E-state index in [4.69, 9.17) is 0 Å². The molecule has 4 nitrogen and oxygen atoms in total. The minimum atomic E-state index is 0.812. The molecule has 0 saturated heterocycles. The maximum atomic E-state index is 4.68. The van der Waals surface area contributed by atoms with Crippen LogP contribution < -0.4 is 0 Å². The van der Waals surface area contributed by atoms with Crippen LogP contribution in [0.3, 0.4) is 0 Å². The molecular weight excluding hydrogens is 344 g/mol. The van der Waals surface area contributed by atoms with Crippen molar-refractivity contribution in [3.63, 3.8) is 0 Å². The van der Waals surface area contributed by atoms with Crippen LogP contribution in [-0.2, 0) is 5.75 Å². The maximum Gasteiger partial charge on any atom is 0.146 e. The van der Waals surface area contributed by atoms with Crippen molar-refractivity contribution in [1.82, 2.24) is 20.2 Å². The van der Waals surface area contributed by atoms with Gasteiger partial charge in [0.05, 0.1) is 14.6 Å². The zero-order valence-electron chi connectivity index (χ0n) is 12.3. The SMILES string of the molecule is Cc1nc2c(SCc3cccnc3)nnc(-c3cccs3)c2s1. The number of aryl methyl sites for hydroxylation is 1. The number of nitrogens with zero attached hydrogens (tertiary/aromatic N) is 4. The average Bonchev–Trinajstić information content (AvgIpc) is 3.22. The van der Waals surface area contributed by atoms with E-state index < -0.39 is 0 Å². The van der Waals surface area contributed by atoms with E-state index in [1.165, 1.54) is 5.56 Å². The second-order valence-electron chi connectivity index (χ2n) is 4.89. The molecule has 4 aromatic rings. The van der Waals surface area contributed by atoms with E-state index in [1.807, 2.05) is 25.3 Å². The van der Waals surface area contributed by atoms with Crippen molar-refractivity contribution in [2.75, 3.05) is 0 Å². The standard InChI is InChI=1S/C16H12N4S3/c1-10-18-14-15(23-10)13(12-5-3-7-21-12)19-20-16(14)22-9-11-4-2-6-17-8-11/h2-8H,9H2,1H3. The third-order valence-corrected chi connectivity index (χ3v) is 6.13. The Balaban J connectivity index is 1.72. The summed E-state index contributed by atoms with van der Waals surface area (Å²) >= 11 is 5.01. The van der Waals surface area contributed by atoms with E-state index in [2.05, 4.69) is 37.7 Å². The highest BCUT2D eigenvalue weighted by Crippen LogP contribution is 2.37. The Bertz CT molecular complexity index is 933. The second-order valence-corrected chi connectivity index (χ2v) is 8.01. The molecule has 0 unspecified atom stereocenters. The molecule has 7 heteroatoms. The summed E-state index contributed by atoms with van der Waals surface area (Å²) in [6.45, 7) is 2.03. The van der Waals surface area contributed by atoms with Gasteiger partial charge in [-0.05, 0) is 30.0 Å². The van der Waals surface area contributed by atoms with Crippen molar-refractivity contribution in [2.45, 2.75) is 17.7 Å². The number of hydrogen-bond acceptors (Lipinski definition) is 7. The van der Waals surface area contributed by atoms with E-state index in [-0.39, 0.29) is 0 Å². The van der Waals surface area contributed by atoms with Gasteiger partial charge in [-0.1, -0.05) is 23.9 Å². The normalized spacial score (nSPS) is 11.2. The lowest BCUT2D eigenvalue weighted by molar-refractivity contribution is 0.956. The number of thioether (sulfide) groups is 1. The van der Waals surface area contributed by atoms with Gasteiger partial charge in [-0.3, -0.25) is 4.98 Å². The van der Waals surface area contributed by atoms with E-state index in [0.717, 1.165) is 36.6 Å². The van der Waals surface area contributed by atoms with Gasteiger partial charge in [0, 0.05) is 18.1 Å². The first-order valence-corrected chi connectivity index (χ1v) is 9.69. The molecular formula is C16H12N4S3. The first-order valence-electron chi connectivity index (χ1n) is 7.00. The number of pyridine rings is 1. The van der Waals surface area contributed by atoms with Crippen LogP contribution in [0.2, 0.25) is 0 Å². The van der Waals surface area contributed by atoms with E-state index in [1.54, 1.807) is 40.6 Å². The van der Waals surface area contributed by atoms with E-state index in [9.17, 15) is 0 Å². The molecule has 0 amide bonds. The van der Waals surface area contributed by atoms with Crippen molar-refractivity contribution in [1.29, 1.82) is 0 Å². The largest absolute Gasteiger partial charge is 0.264 e. The summed E-state index contributed by atoms with van der Waals surface area (Å²) in [6.07, 6.45) is 3.66. The third kappa shape index (κ3) is 2.99. The molecule has 0 spiro atoms. The van der Waals surface area contributed by atoms with Gasteiger partial charge in [-0.15, -0.1) is 32.9 Å². The van der Waals surface area contributed by atoms with Gasteiger partial charge >= 0.3 is 0 Å². The van der Waals surface area contributed by atoms with Crippen molar-refractivity contribution in [2.24, 2.45) is 0 Å². The van der Waals surface area contributed by atoms with Crippen LogP contribution in [0.4, 0.5) is 0 Å². The molecule has 0 aliphatic carbocycles. The van der Waals surface area contributed by atoms with Gasteiger partial charge in [0.1, 0.15) is 16.2 Å². The van der Waals surface area contributed by atoms with Gasteiger partial charge < -0.3 is 0 Å². The molecule has 4 aromatic heterocycles. The zero-order chi connectivity index (χ0) is 15.6. The molecule has 0 N–H and O–H groups in total. The van der Waals surface area contributed by atoms with Crippen LogP contribution >= 0.6 is 34.4 Å². The highest BCUT2D eigenvalue weighted by Gasteiger charge is 2.16. The molecule has 0 bridgehead atoms. The first-order chi connectivity index (χ1) is 11.3. The quantitative estimate of drug-likeness (QED) is 0.491. The molecule has 0 saturated carbocycles. The lowest BCUT2D eigenvalue weighted by Gasteiger charge is -2.03. The van der Waals surface area contributed by atoms with Crippen LogP contribution in [0.1, 0.15) is 10.6 Å². The highest BCUT2D eigenvalue weighted by atomic mass is 32.2. The average molecular weight is 357 g/mol. The van der Waals surface area contributed by atoms with Crippen LogP contribution in [-0.4, -0.2) is 20.2 Å². The van der Waals surface area contributed by atoms with E-state index >= 15 is 0 Å². The Morgan fingerprint density at radius 3 is 2.91 bits per heavy atom. The third-order valence-electron chi connectivity index (χ3n) is 3.25. The number of fused-ring (bicyclic) bond motifs is 1. The fraction of sp³-hybridized carbons (Fsp3) is 0.125. The monoisotopic (exact) mass is 356 g/mol. The smallest absolute Gasteiger partial charge is 0.146 e. The van der Waals surface area contributed by atoms with Crippen molar-refractivity contribution >= 4 is 44.7 Å². The minimum Gasteiger partial charge on any atom is -0.264 e. The zero-order valence-corrected chi connectivity index (χ0v) is 14.7. The molecule has 4 heterocycles. The predicted molar refractivity (Wildman–Crippen MR) is 97.1 cm³/mol. The molecule has 0 aliphatic heterocycles. The highest BCUT2D eigenvalue weighted by molar-refractivity contribution is 7.98. The van der Waals surface area contributed by atoms with E-state index in [0.29, 0.717) is 0 Å². The predicted octanol–water partition coefficient (Wildman–Crippen LogP) is 4.81. The Morgan fingerprint density at radius 2 is 2.13 bits per heavy atom. The molecule has 4 rings (SSSR count). The summed E-state index contributed by atoms with van der Waals surface area (Å²) in [5, 5.41) is 12.9. The molecule has 0 aliphatic rings. The lowest BCUT2D eigenvalue weighted by atomic mass is 10.3. The minimum absolute atomic E-state index is 0.812. The van der Waals surface area contributed by atoms with Crippen molar-refractivity contribution < 1.29 is 0 Å². The summed E-state index contributed by atoms with van der Waals surface area (Å²) in [4.78, 5) is 9.96. The van der Waals surface area contributed by atoms with Crippen LogP contribution in [0.5, 0.6) is 0 Å².